The van der Waals surface area contributed by atoms with E-state index in [9.17, 15) is 0 Å². The van der Waals surface area contributed by atoms with Gasteiger partial charge in [0.1, 0.15) is 0 Å². The highest BCUT2D eigenvalue weighted by molar-refractivity contribution is 9.10. The van der Waals surface area contributed by atoms with Crippen LogP contribution in [0.5, 0.6) is 0 Å². The van der Waals surface area contributed by atoms with Gasteiger partial charge in [-0.2, -0.15) is 5.10 Å². The number of rotatable bonds is 5. The van der Waals surface area contributed by atoms with E-state index in [2.05, 4.69) is 45.3 Å². The summed E-state index contributed by atoms with van der Waals surface area (Å²) in [4.78, 5) is 0. The first-order chi connectivity index (χ1) is 8.70. The quantitative estimate of drug-likeness (QED) is 0.755. The molecule has 0 saturated heterocycles. The lowest BCUT2D eigenvalue weighted by Gasteiger charge is -2.14. The minimum absolute atomic E-state index is 0.388. The van der Waals surface area contributed by atoms with Crippen molar-refractivity contribution in [2.45, 2.75) is 18.8 Å². The van der Waals surface area contributed by atoms with Gasteiger partial charge in [-0.05, 0) is 42.5 Å². The van der Waals surface area contributed by atoms with Gasteiger partial charge in [0, 0.05) is 29.3 Å². The van der Waals surface area contributed by atoms with Crippen molar-refractivity contribution in [1.29, 1.82) is 0 Å². The van der Waals surface area contributed by atoms with Gasteiger partial charge in [-0.25, -0.2) is 0 Å². The lowest BCUT2D eigenvalue weighted by atomic mass is 9.95. The molecule has 4 heteroatoms. The summed E-state index contributed by atoms with van der Waals surface area (Å²) in [6.07, 6.45) is 3.88. The fourth-order valence-electron chi connectivity index (χ4n) is 2.06. The third-order valence-electron chi connectivity index (χ3n) is 3.18. The number of aromatic nitrogens is 2. The Hall–Kier alpha value is -0.800. The summed E-state index contributed by atoms with van der Waals surface area (Å²) in [6.45, 7) is 0. The molecule has 0 aliphatic heterocycles. The predicted octanol–water partition coefficient (Wildman–Crippen LogP) is 4.14. The second-order valence-electron chi connectivity index (χ2n) is 4.39. The molecule has 18 heavy (non-hydrogen) atoms. The van der Waals surface area contributed by atoms with E-state index < -0.39 is 0 Å². The molecule has 0 fully saturated rings. The molecule has 0 saturated carbocycles. The Kier molecular flexibility index (Phi) is 4.84. The van der Waals surface area contributed by atoms with Gasteiger partial charge in [-0.3, -0.25) is 4.68 Å². The first-order valence-electron chi connectivity index (χ1n) is 5.99. The molecule has 0 aliphatic rings. The van der Waals surface area contributed by atoms with Gasteiger partial charge < -0.3 is 0 Å². The van der Waals surface area contributed by atoms with Gasteiger partial charge in [-0.1, -0.05) is 28.1 Å². The van der Waals surface area contributed by atoms with Crippen LogP contribution >= 0.6 is 27.5 Å². The number of halogens is 2. The van der Waals surface area contributed by atoms with E-state index in [1.54, 1.807) is 0 Å². The lowest BCUT2D eigenvalue weighted by Crippen LogP contribution is -2.05. The van der Waals surface area contributed by atoms with Crippen molar-refractivity contribution >= 4 is 27.5 Å². The van der Waals surface area contributed by atoms with Crippen molar-refractivity contribution in [1.82, 2.24) is 9.78 Å². The molecule has 2 rings (SSSR count). The molecule has 96 valence electrons. The summed E-state index contributed by atoms with van der Waals surface area (Å²) >= 11 is 9.60. The maximum Gasteiger partial charge on any atom is 0.0492 e. The number of hydrogen-bond donors (Lipinski definition) is 0. The van der Waals surface area contributed by atoms with E-state index in [0.717, 1.165) is 17.3 Å². The first-order valence-corrected chi connectivity index (χ1v) is 7.31. The lowest BCUT2D eigenvalue weighted by molar-refractivity contribution is 0.634. The highest BCUT2D eigenvalue weighted by atomic mass is 79.9. The summed E-state index contributed by atoms with van der Waals surface area (Å²) in [6, 6.07) is 10.4. The molecule has 1 heterocycles. The molecule has 0 bridgehead atoms. The number of benzene rings is 1. The van der Waals surface area contributed by atoms with Crippen LogP contribution < -0.4 is 0 Å². The van der Waals surface area contributed by atoms with E-state index in [4.69, 9.17) is 11.6 Å². The molecular weight excluding hydrogens is 312 g/mol. The maximum atomic E-state index is 6.10. The zero-order valence-electron chi connectivity index (χ0n) is 10.3. The van der Waals surface area contributed by atoms with Gasteiger partial charge in [0.2, 0.25) is 0 Å². The van der Waals surface area contributed by atoms with Crippen LogP contribution in [-0.2, 0) is 13.5 Å². The average Bonchev–Trinajstić information content (AvgIpc) is 2.76. The van der Waals surface area contributed by atoms with E-state index >= 15 is 0 Å². The smallest absolute Gasteiger partial charge is 0.0492 e. The van der Waals surface area contributed by atoms with Crippen LogP contribution in [0.15, 0.2) is 41.0 Å². The molecule has 1 atom stereocenters. The highest BCUT2D eigenvalue weighted by Crippen LogP contribution is 2.25. The van der Waals surface area contributed by atoms with Gasteiger partial charge in [0.15, 0.2) is 0 Å². The van der Waals surface area contributed by atoms with Crippen LogP contribution in [0.25, 0.3) is 0 Å². The Bertz CT molecular complexity index is 510. The molecule has 1 aromatic heterocycles. The number of aryl methyl sites for hydroxylation is 2. The number of hydrogen-bond acceptors (Lipinski definition) is 1. The van der Waals surface area contributed by atoms with Crippen LogP contribution in [0.1, 0.15) is 23.6 Å². The molecule has 2 nitrogen and oxygen atoms in total. The summed E-state index contributed by atoms with van der Waals surface area (Å²) in [5.41, 5.74) is 2.54. The molecular formula is C14H16BrClN2. The van der Waals surface area contributed by atoms with Gasteiger partial charge in [-0.15, -0.1) is 11.6 Å². The largest absolute Gasteiger partial charge is 0.273 e. The molecule has 0 spiro atoms. The van der Waals surface area contributed by atoms with E-state index in [1.807, 2.05) is 24.0 Å². The van der Waals surface area contributed by atoms with Crippen molar-refractivity contribution < 1.29 is 0 Å². The van der Waals surface area contributed by atoms with Crippen molar-refractivity contribution in [2.24, 2.45) is 7.05 Å². The fraction of sp³-hybridized carbons (Fsp3) is 0.357. The van der Waals surface area contributed by atoms with Crippen molar-refractivity contribution in [3.8, 4) is 0 Å². The van der Waals surface area contributed by atoms with Crippen molar-refractivity contribution in [3.05, 3.63) is 52.3 Å². The molecule has 1 aromatic carbocycles. The summed E-state index contributed by atoms with van der Waals surface area (Å²) in [7, 11) is 1.98. The van der Waals surface area contributed by atoms with E-state index in [-0.39, 0.29) is 0 Å². The summed E-state index contributed by atoms with van der Waals surface area (Å²) in [5.74, 6) is 1.04. The minimum atomic E-state index is 0.388. The fourth-order valence-corrected chi connectivity index (χ4v) is 2.81. The van der Waals surface area contributed by atoms with E-state index in [0.29, 0.717) is 11.8 Å². The standard InChI is InChI=1S/C14H16BrClN2/c1-18-14(7-8-17-18)6-5-12(10-16)11-3-2-4-13(15)9-11/h2-4,7-9,12H,5-6,10H2,1H3. The molecule has 0 aliphatic carbocycles. The van der Waals surface area contributed by atoms with Crippen molar-refractivity contribution in [3.63, 3.8) is 0 Å². The monoisotopic (exact) mass is 326 g/mol. The average molecular weight is 328 g/mol. The summed E-state index contributed by atoms with van der Waals surface area (Å²) < 4.78 is 3.03. The normalized spacial score (nSPS) is 12.6. The van der Waals surface area contributed by atoms with Crippen LogP contribution in [0.4, 0.5) is 0 Å². The topological polar surface area (TPSA) is 17.8 Å². The molecule has 0 N–H and O–H groups in total. The predicted molar refractivity (Wildman–Crippen MR) is 79.1 cm³/mol. The Balaban J connectivity index is 2.04. The molecule has 1 unspecified atom stereocenters. The Labute approximate surface area is 121 Å². The van der Waals surface area contributed by atoms with Gasteiger partial charge >= 0.3 is 0 Å². The van der Waals surface area contributed by atoms with E-state index in [1.165, 1.54) is 11.3 Å². The number of alkyl halides is 1. The Morgan fingerprint density at radius 3 is 2.83 bits per heavy atom. The van der Waals surface area contributed by atoms with Crippen LogP contribution in [-0.4, -0.2) is 15.7 Å². The second kappa shape index (κ2) is 6.39. The summed E-state index contributed by atoms with van der Waals surface area (Å²) in [5, 5.41) is 4.18. The molecule has 0 amide bonds. The number of nitrogens with zero attached hydrogens (tertiary/aromatic N) is 2. The van der Waals surface area contributed by atoms with Crippen LogP contribution in [0.3, 0.4) is 0 Å². The highest BCUT2D eigenvalue weighted by Gasteiger charge is 2.11. The molecule has 0 radical (unpaired) electrons. The maximum absolute atomic E-state index is 6.10. The van der Waals surface area contributed by atoms with Gasteiger partial charge in [0.05, 0.1) is 0 Å². The second-order valence-corrected chi connectivity index (χ2v) is 5.62. The van der Waals surface area contributed by atoms with Crippen LogP contribution in [0.2, 0.25) is 0 Å². The van der Waals surface area contributed by atoms with Crippen molar-refractivity contribution in [2.75, 3.05) is 5.88 Å². The Morgan fingerprint density at radius 1 is 1.39 bits per heavy atom. The SMILES string of the molecule is Cn1nccc1CCC(CCl)c1cccc(Br)c1. The first kappa shape index (κ1) is 13.6. The van der Waals surface area contributed by atoms with Gasteiger partial charge in [0.25, 0.3) is 0 Å². The molecule has 2 aromatic rings. The third-order valence-corrected chi connectivity index (χ3v) is 4.04. The zero-order valence-corrected chi connectivity index (χ0v) is 12.7. The van der Waals surface area contributed by atoms with Crippen LogP contribution in [0, 0.1) is 0 Å². The Morgan fingerprint density at radius 2 is 2.22 bits per heavy atom. The third kappa shape index (κ3) is 3.36. The zero-order chi connectivity index (χ0) is 13.0. The minimum Gasteiger partial charge on any atom is -0.273 e.